The molecule has 0 saturated heterocycles. The van der Waals surface area contributed by atoms with Crippen LogP contribution in [0.15, 0.2) is 4.99 Å². The van der Waals surface area contributed by atoms with Crippen molar-refractivity contribution >= 4 is 35.6 Å². The van der Waals surface area contributed by atoms with Crippen LogP contribution in [-0.4, -0.2) is 94.3 Å². The van der Waals surface area contributed by atoms with Gasteiger partial charge in [0.1, 0.15) is 24.2 Å². The number of guanidine groups is 1. The first-order valence-electron chi connectivity index (χ1n) is 9.82. The van der Waals surface area contributed by atoms with E-state index < -0.39 is 72.9 Å². The first-order chi connectivity index (χ1) is 15.3. The fraction of sp³-hybridized carbons (Fsp3) is 0.647. The molecule has 0 aliphatic rings. The largest absolute Gasteiger partial charge is 0.480 e. The van der Waals surface area contributed by atoms with E-state index in [4.69, 9.17) is 28.0 Å². The second-order valence-electron chi connectivity index (χ2n) is 7.10. The Kier molecular flexibility index (Phi) is 13.0. The summed E-state index contributed by atoms with van der Waals surface area (Å²) >= 11 is 0. The molecule has 0 aliphatic heterocycles. The van der Waals surface area contributed by atoms with Crippen molar-refractivity contribution in [3.63, 3.8) is 0 Å². The van der Waals surface area contributed by atoms with E-state index in [1.54, 1.807) is 0 Å². The minimum atomic E-state index is -1.64. The monoisotopic (exact) mass is 476 g/mol. The van der Waals surface area contributed by atoms with E-state index in [2.05, 4.69) is 20.9 Å². The van der Waals surface area contributed by atoms with Gasteiger partial charge in [-0.2, -0.15) is 0 Å². The molecule has 0 fully saturated rings. The van der Waals surface area contributed by atoms with Gasteiger partial charge in [-0.15, -0.1) is 0 Å². The highest BCUT2D eigenvalue weighted by molar-refractivity contribution is 5.96. The van der Waals surface area contributed by atoms with Crippen LogP contribution in [0.3, 0.4) is 0 Å². The quantitative estimate of drug-likeness (QED) is 0.0602. The molecule has 0 aromatic rings. The molecular formula is C17H32N8O8. The Hall–Kier alpha value is -3.50. The van der Waals surface area contributed by atoms with Crippen LogP contribution in [0.5, 0.6) is 0 Å². The molecule has 4 amide bonds. The predicted molar refractivity (Wildman–Crippen MR) is 114 cm³/mol. The zero-order chi connectivity index (χ0) is 25.7. The van der Waals surface area contributed by atoms with Gasteiger partial charge in [0, 0.05) is 6.54 Å². The Morgan fingerprint density at radius 1 is 0.939 bits per heavy atom. The molecule has 188 valence electrons. The number of aliphatic hydroxyl groups is 2. The van der Waals surface area contributed by atoms with Gasteiger partial charge in [-0.1, -0.05) is 0 Å². The maximum atomic E-state index is 12.6. The number of carbonyl (C=O) groups is 5. The molecule has 16 nitrogen and oxygen atoms in total. The number of aliphatic carboxylic acids is 1. The highest BCUT2D eigenvalue weighted by atomic mass is 16.4. The third kappa shape index (κ3) is 11.6. The smallest absolute Gasteiger partial charge is 0.326 e. The number of carboxylic acid groups (broad SMARTS) is 1. The van der Waals surface area contributed by atoms with Gasteiger partial charge in [0.15, 0.2) is 5.96 Å². The van der Waals surface area contributed by atoms with Crippen molar-refractivity contribution in [3.05, 3.63) is 0 Å². The van der Waals surface area contributed by atoms with Gasteiger partial charge < -0.3 is 54.2 Å². The second kappa shape index (κ2) is 14.5. The average molecular weight is 476 g/mol. The van der Waals surface area contributed by atoms with Crippen molar-refractivity contribution in [2.45, 2.75) is 56.5 Å². The number of rotatable bonds is 15. The summed E-state index contributed by atoms with van der Waals surface area (Å²) in [6.07, 6.45) is -2.02. The molecule has 0 radical (unpaired) electrons. The number of carbonyl (C=O) groups excluding carboxylic acids is 4. The van der Waals surface area contributed by atoms with Crippen LogP contribution in [0.2, 0.25) is 0 Å². The molecule has 5 atom stereocenters. The molecule has 33 heavy (non-hydrogen) atoms. The molecule has 0 aliphatic carbocycles. The van der Waals surface area contributed by atoms with Crippen LogP contribution in [0.1, 0.15) is 26.2 Å². The first-order valence-corrected chi connectivity index (χ1v) is 9.82. The summed E-state index contributed by atoms with van der Waals surface area (Å²) in [7, 11) is 0. The average Bonchev–Trinajstić information content (AvgIpc) is 2.71. The minimum absolute atomic E-state index is 0.0578. The van der Waals surface area contributed by atoms with E-state index in [1.165, 1.54) is 0 Å². The fourth-order valence-electron chi connectivity index (χ4n) is 2.45. The van der Waals surface area contributed by atoms with E-state index >= 15 is 0 Å². The van der Waals surface area contributed by atoms with Crippen molar-refractivity contribution in [3.8, 4) is 0 Å². The van der Waals surface area contributed by atoms with Crippen LogP contribution in [-0.2, 0) is 24.0 Å². The topological polar surface area (TPSA) is 299 Å². The van der Waals surface area contributed by atoms with Crippen molar-refractivity contribution < 1.29 is 39.3 Å². The number of nitrogens with one attached hydrogen (secondary N) is 3. The first kappa shape index (κ1) is 29.5. The van der Waals surface area contributed by atoms with Crippen LogP contribution in [0.25, 0.3) is 0 Å². The normalized spacial score (nSPS) is 15.2. The molecule has 0 spiro atoms. The summed E-state index contributed by atoms with van der Waals surface area (Å²) in [6, 6.07) is -5.99. The summed E-state index contributed by atoms with van der Waals surface area (Å²) in [5, 5.41) is 34.6. The molecular weight excluding hydrogens is 444 g/mol. The molecule has 0 aromatic carbocycles. The van der Waals surface area contributed by atoms with E-state index in [9.17, 15) is 34.2 Å². The second-order valence-corrected chi connectivity index (χ2v) is 7.10. The fourth-order valence-corrected chi connectivity index (χ4v) is 2.45. The molecule has 14 N–H and O–H groups in total. The van der Waals surface area contributed by atoms with Crippen molar-refractivity contribution in [2.75, 3.05) is 13.2 Å². The van der Waals surface area contributed by atoms with Crippen LogP contribution < -0.4 is 38.9 Å². The van der Waals surface area contributed by atoms with Gasteiger partial charge in [-0.25, -0.2) is 4.79 Å². The highest BCUT2D eigenvalue weighted by Gasteiger charge is 2.33. The minimum Gasteiger partial charge on any atom is -0.480 e. The van der Waals surface area contributed by atoms with Gasteiger partial charge >= 0.3 is 5.97 Å². The lowest BCUT2D eigenvalue weighted by molar-refractivity contribution is -0.143. The van der Waals surface area contributed by atoms with Crippen LogP contribution in [0.4, 0.5) is 0 Å². The number of nitrogens with zero attached hydrogens (tertiary/aromatic N) is 1. The van der Waals surface area contributed by atoms with E-state index in [1.807, 2.05) is 0 Å². The maximum absolute atomic E-state index is 12.6. The van der Waals surface area contributed by atoms with Crippen LogP contribution >= 0.6 is 0 Å². The summed E-state index contributed by atoms with van der Waals surface area (Å²) < 4.78 is 0. The Balaban J connectivity index is 5.34. The van der Waals surface area contributed by atoms with E-state index in [0.717, 1.165) is 6.92 Å². The zero-order valence-electron chi connectivity index (χ0n) is 18.1. The number of carboxylic acids is 1. The van der Waals surface area contributed by atoms with Gasteiger partial charge in [-0.3, -0.25) is 24.2 Å². The molecule has 16 heteroatoms. The summed E-state index contributed by atoms with van der Waals surface area (Å²) in [6.45, 7) is 0.528. The standard InChI is InChI=1S/C17H32N8O8/c1-7(27)12(15(31)23-9(16(32)33)3-2-4-22-17(20)21)25-14(30)10(5-11(19)28)24-13(29)8(18)6-26/h7-10,12,26-27H,2-6,18H2,1H3,(H2,19,28)(H,23,31)(H,24,29)(H,25,30)(H,32,33)(H4,20,21,22)/t7-,8+,9+,10+,12+/m1/s1. The lowest BCUT2D eigenvalue weighted by Crippen LogP contribution is -2.60. The lowest BCUT2D eigenvalue weighted by atomic mass is 10.1. The van der Waals surface area contributed by atoms with Crippen molar-refractivity contribution in [1.82, 2.24) is 16.0 Å². The Morgan fingerprint density at radius 3 is 1.97 bits per heavy atom. The third-order valence-electron chi connectivity index (χ3n) is 4.19. The third-order valence-corrected chi connectivity index (χ3v) is 4.19. The lowest BCUT2D eigenvalue weighted by Gasteiger charge is -2.26. The number of primary amides is 1. The number of hydrogen-bond acceptors (Lipinski definition) is 9. The number of hydrogen-bond donors (Lipinski definition) is 10. The Bertz CT molecular complexity index is 741. The number of nitrogens with two attached hydrogens (primary N) is 4. The molecule has 0 saturated carbocycles. The number of amides is 4. The molecule has 0 aromatic heterocycles. The maximum Gasteiger partial charge on any atom is 0.326 e. The predicted octanol–water partition coefficient (Wildman–Crippen LogP) is -5.85. The molecule has 0 unspecified atom stereocenters. The van der Waals surface area contributed by atoms with Crippen molar-refractivity contribution in [1.29, 1.82) is 0 Å². The van der Waals surface area contributed by atoms with E-state index in [-0.39, 0.29) is 25.3 Å². The Labute approximate surface area is 189 Å². The molecule has 0 heterocycles. The SMILES string of the molecule is C[C@@H](O)[C@H](NC(=O)[C@H](CC(N)=O)NC(=O)[C@@H](N)CO)C(=O)N[C@@H](CCCN=C(N)N)C(=O)O. The number of aliphatic imine (C=N–C) groups is 1. The van der Waals surface area contributed by atoms with Gasteiger partial charge in [0.2, 0.25) is 23.6 Å². The highest BCUT2D eigenvalue weighted by Crippen LogP contribution is 2.03. The summed E-state index contributed by atoms with van der Waals surface area (Å²) in [5.41, 5.74) is 20.8. The number of aliphatic hydroxyl groups excluding tert-OH is 2. The molecule has 0 rings (SSSR count). The van der Waals surface area contributed by atoms with E-state index in [0.29, 0.717) is 0 Å². The molecule has 0 bridgehead atoms. The van der Waals surface area contributed by atoms with Gasteiger partial charge in [0.25, 0.3) is 0 Å². The Morgan fingerprint density at radius 2 is 1.52 bits per heavy atom. The van der Waals surface area contributed by atoms with Crippen molar-refractivity contribution in [2.24, 2.45) is 27.9 Å². The summed E-state index contributed by atoms with van der Waals surface area (Å²) in [5.74, 6) is -5.61. The zero-order valence-corrected chi connectivity index (χ0v) is 18.1. The summed E-state index contributed by atoms with van der Waals surface area (Å²) in [4.78, 5) is 63.4. The van der Waals surface area contributed by atoms with Gasteiger partial charge in [0.05, 0.1) is 19.1 Å². The van der Waals surface area contributed by atoms with Crippen LogP contribution in [0, 0.1) is 0 Å². The van der Waals surface area contributed by atoms with Gasteiger partial charge in [-0.05, 0) is 19.8 Å².